The molecule has 4 aliphatic rings. The number of rotatable bonds is 21. The van der Waals surface area contributed by atoms with Crippen molar-refractivity contribution in [2.45, 2.75) is 166 Å². The monoisotopic (exact) mass is 1100 g/mol. The highest BCUT2D eigenvalue weighted by molar-refractivity contribution is 6.08. The smallest absolute Gasteiger partial charge is 0.252 e. The van der Waals surface area contributed by atoms with Crippen molar-refractivity contribution in [3.8, 4) is 0 Å². The molecular formula is C61H79N8O11+. The van der Waals surface area contributed by atoms with Crippen LogP contribution in [0, 0.1) is 0 Å². The minimum Gasteiger partial charge on any atom is -0.394 e. The number of aliphatic hydroxyl groups excluding tert-OH is 4. The first-order valence-electron chi connectivity index (χ1n) is 28.1. The SMILES string of the molecule is CCN1/C(=C/C=C/C2=[N+](CCCCCC(=O)NCc3cn(CCCNC(=O)C4O[C@@H](O[C@H]5C(O)C(CO)O[C@@H](C)C5NC(C)=O)C(O)[C@@H](O)[C@@H]4OC)nn3)c3ccc4ccccc4c3C2(C)C)C(C)(C)c2c1ccc1ccccc21. The molecule has 19 nitrogen and oxygen atoms in total. The Morgan fingerprint density at radius 1 is 0.838 bits per heavy atom. The molecule has 9 rings (SSSR count). The number of ether oxygens (including phenoxy) is 4. The number of nitrogens with one attached hydrogen (secondary N) is 3. The first-order valence-corrected chi connectivity index (χ1v) is 28.1. The van der Waals surface area contributed by atoms with Crippen molar-refractivity contribution in [1.29, 1.82) is 0 Å². The number of likely N-dealkylation sites (N-methyl/N-ethyl adjacent to an activating group) is 1. The minimum atomic E-state index is -1.71. The van der Waals surface area contributed by atoms with Crippen LogP contribution in [0.1, 0.15) is 97.4 Å². The molecule has 0 spiro atoms. The number of allylic oxidation sites excluding steroid dienone is 4. The van der Waals surface area contributed by atoms with Gasteiger partial charge in [0.05, 0.1) is 36.9 Å². The number of hydrogen-bond donors (Lipinski definition) is 7. The zero-order chi connectivity index (χ0) is 57.0. The average Bonchev–Trinajstić information content (AvgIpc) is 4.22. The molecule has 5 aromatic rings. The highest BCUT2D eigenvalue weighted by Gasteiger charge is 2.53. The van der Waals surface area contributed by atoms with Gasteiger partial charge in [-0.3, -0.25) is 19.1 Å². The molecule has 0 saturated carbocycles. The lowest BCUT2D eigenvalue weighted by molar-refractivity contribution is -0.438. The number of methoxy groups -OCH3 is 1. The van der Waals surface area contributed by atoms with Crippen LogP contribution < -0.4 is 20.9 Å². The Morgan fingerprint density at radius 3 is 2.25 bits per heavy atom. The van der Waals surface area contributed by atoms with Gasteiger partial charge in [-0.25, -0.2) is 0 Å². The Kier molecular flexibility index (Phi) is 18.0. The molecule has 428 valence electrons. The van der Waals surface area contributed by atoms with Crippen LogP contribution >= 0.6 is 0 Å². The highest BCUT2D eigenvalue weighted by Crippen LogP contribution is 2.51. The van der Waals surface area contributed by atoms with Crippen LogP contribution in [-0.4, -0.2) is 158 Å². The first kappa shape index (κ1) is 58.2. The molecule has 5 heterocycles. The van der Waals surface area contributed by atoms with E-state index in [1.165, 1.54) is 69.5 Å². The summed E-state index contributed by atoms with van der Waals surface area (Å²) in [5.74, 6) is -1.16. The second-order valence-corrected chi connectivity index (χ2v) is 22.5. The summed E-state index contributed by atoms with van der Waals surface area (Å²) in [6, 6.07) is 25.4. The van der Waals surface area contributed by atoms with Gasteiger partial charge in [0.15, 0.2) is 18.1 Å². The molecule has 4 aromatic carbocycles. The average molecular weight is 1100 g/mol. The fraction of sp³-hybridized carbons (Fsp3) is 0.508. The van der Waals surface area contributed by atoms with E-state index in [0.717, 1.165) is 32.4 Å². The summed E-state index contributed by atoms with van der Waals surface area (Å²) in [6.45, 7) is 16.4. The second kappa shape index (κ2) is 24.7. The first-order chi connectivity index (χ1) is 38.4. The fourth-order valence-corrected chi connectivity index (χ4v) is 12.4. The lowest BCUT2D eigenvalue weighted by Gasteiger charge is -2.47. The number of amides is 3. The van der Waals surface area contributed by atoms with E-state index < -0.39 is 79.6 Å². The van der Waals surface area contributed by atoms with E-state index in [2.05, 4.69) is 161 Å². The fourth-order valence-electron chi connectivity index (χ4n) is 12.4. The number of nitrogens with zero attached hydrogens (tertiary/aromatic N) is 5. The predicted molar refractivity (Wildman–Crippen MR) is 303 cm³/mol. The van der Waals surface area contributed by atoms with Crippen LogP contribution in [0.4, 0.5) is 11.4 Å². The molecule has 80 heavy (non-hydrogen) atoms. The molecule has 19 heteroatoms. The molecule has 10 atom stereocenters. The topological polar surface area (TPSA) is 242 Å². The van der Waals surface area contributed by atoms with Gasteiger partial charge in [-0.05, 0) is 92.3 Å². The van der Waals surface area contributed by atoms with Crippen LogP contribution in [0.5, 0.6) is 0 Å². The van der Waals surface area contributed by atoms with Crippen LogP contribution in [0.2, 0.25) is 0 Å². The van der Waals surface area contributed by atoms with E-state index in [0.29, 0.717) is 25.1 Å². The van der Waals surface area contributed by atoms with Crippen molar-refractivity contribution in [2.75, 3.05) is 38.3 Å². The second-order valence-electron chi connectivity index (χ2n) is 22.5. The van der Waals surface area contributed by atoms with Gasteiger partial charge in [0.1, 0.15) is 48.9 Å². The molecule has 7 N–H and O–H groups in total. The Labute approximate surface area is 467 Å². The molecule has 1 aromatic heterocycles. The van der Waals surface area contributed by atoms with E-state index in [-0.39, 0.29) is 29.8 Å². The normalized spacial score (nSPS) is 26.6. The molecule has 0 bridgehead atoms. The highest BCUT2D eigenvalue weighted by atomic mass is 16.7. The summed E-state index contributed by atoms with van der Waals surface area (Å²) in [6.07, 6.45) is -0.278. The van der Waals surface area contributed by atoms with Gasteiger partial charge in [0, 0.05) is 81.0 Å². The maximum atomic E-state index is 13.5. The molecule has 0 aliphatic carbocycles. The maximum absolute atomic E-state index is 13.5. The van der Waals surface area contributed by atoms with Crippen LogP contribution in [0.15, 0.2) is 103 Å². The zero-order valence-corrected chi connectivity index (χ0v) is 47.2. The molecule has 4 aliphatic heterocycles. The third-order valence-electron chi connectivity index (χ3n) is 16.4. The quantitative estimate of drug-likeness (QED) is 0.0374. The van der Waals surface area contributed by atoms with Crippen molar-refractivity contribution in [2.24, 2.45) is 0 Å². The van der Waals surface area contributed by atoms with E-state index in [9.17, 15) is 34.8 Å². The van der Waals surface area contributed by atoms with Gasteiger partial charge in [0.25, 0.3) is 5.91 Å². The number of carbonyl (C=O) groups excluding carboxylic acids is 3. The number of aryl methyl sites for hydroxylation is 1. The zero-order valence-electron chi connectivity index (χ0n) is 47.2. The Morgan fingerprint density at radius 2 is 1.55 bits per heavy atom. The van der Waals surface area contributed by atoms with E-state index in [1.54, 1.807) is 17.8 Å². The summed E-state index contributed by atoms with van der Waals surface area (Å²) >= 11 is 0. The number of fused-ring (bicyclic) bond motifs is 6. The van der Waals surface area contributed by atoms with Gasteiger partial charge in [-0.2, -0.15) is 4.58 Å². The third-order valence-corrected chi connectivity index (χ3v) is 16.4. The number of anilines is 1. The van der Waals surface area contributed by atoms with Crippen molar-refractivity contribution in [1.82, 2.24) is 30.9 Å². The van der Waals surface area contributed by atoms with E-state index in [1.807, 2.05) is 0 Å². The summed E-state index contributed by atoms with van der Waals surface area (Å²) in [7, 11) is 1.26. The standard InChI is InChI=1S/C61H78N8O11/c1-9-68-43-28-26-38-19-12-14-21-41(38)49(43)60(4,5)46(68)23-17-24-47-61(6,7)50-42-22-15-13-20-39(42)27-29-44(50)69(47)32-16-10-11-25-48(72)63-33-40-34-67(66-65-40)31-18-30-62-58(76)57-56(77-8)53(74)54(75)59(80-57)79-55-51(64-37(3)71)36(2)78-45(35-70)52(55)73/h12-15,17,19-24,26-29,34,36,45,51-57,59,70,73-75H,9-11,16,18,25,30-33,35H2,1-8H3,(H2-,62,63,64,71,72,76)/p+1/t36-,45?,51?,52?,53+,54?,55+,56-,57?,59+/m0/s1. The van der Waals surface area contributed by atoms with Gasteiger partial charge in [0.2, 0.25) is 17.5 Å². The molecular weight excluding hydrogens is 1020 g/mol. The van der Waals surface area contributed by atoms with Crippen LogP contribution in [0.3, 0.4) is 0 Å². The van der Waals surface area contributed by atoms with Crippen molar-refractivity contribution in [3.63, 3.8) is 0 Å². The Bertz CT molecular complexity index is 3150. The van der Waals surface area contributed by atoms with Crippen molar-refractivity contribution in [3.05, 3.63) is 120 Å². The number of aliphatic hydroxyl groups is 4. The maximum Gasteiger partial charge on any atom is 0.252 e. The number of carbonyl (C=O) groups is 3. The molecule has 0 radical (unpaired) electrons. The lowest BCUT2D eigenvalue weighted by atomic mass is 9.79. The summed E-state index contributed by atoms with van der Waals surface area (Å²) in [4.78, 5) is 41.1. The molecule has 3 amide bonds. The summed E-state index contributed by atoms with van der Waals surface area (Å²) in [5.41, 5.74) is 7.86. The molecule has 5 unspecified atom stereocenters. The van der Waals surface area contributed by atoms with Gasteiger partial charge in [-0.1, -0.05) is 79.7 Å². The summed E-state index contributed by atoms with van der Waals surface area (Å²) in [5, 5.41) is 64.7. The van der Waals surface area contributed by atoms with Gasteiger partial charge < -0.3 is 60.2 Å². The Hall–Kier alpha value is -6.42. The number of hydrogen-bond acceptors (Lipinski definition) is 14. The van der Waals surface area contributed by atoms with Gasteiger partial charge in [-0.15, -0.1) is 5.10 Å². The minimum absolute atomic E-state index is 0.0688. The van der Waals surface area contributed by atoms with Crippen LogP contribution in [0.25, 0.3) is 21.5 Å². The largest absolute Gasteiger partial charge is 0.394 e. The Balaban J connectivity index is 0.760. The number of unbranched alkanes of at least 4 members (excludes halogenated alkanes) is 2. The molecule has 2 saturated heterocycles. The van der Waals surface area contributed by atoms with E-state index in [4.69, 9.17) is 18.9 Å². The van der Waals surface area contributed by atoms with Crippen molar-refractivity contribution >= 4 is 56.4 Å². The van der Waals surface area contributed by atoms with E-state index >= 15 is 0 Å². The molecule has 2 fully saturated rings. The predicted octanol–water partition coefficient (Wildman–Crippen LogP) is 5.09. The number of aromatic nitrogens is 3. The van der Waals surface area contributed by atoms with Crippen LogP contribution in [-0.2, 0) is 57.3 Å². The number of benzene rings is 4. The lowest BCUT2D eigenvalue weighted by Crippen LogP contribution is -2.68. The third kappa shape index (κ3) is 11.7. The van der Waals surface area contributed by atoms with Gasteiger partial charge >= 0.3 is 0 Å². The summed E-state index contributed by atoms with van der Waals surface area (Å²) < 4.78 is 27.0. The van der Waals surface area contributed by atoms with Crippen molar-refractivity contribution < 1.29 is 58.3 Å².